The van der Waals surface area contributed by atoms with E-state index < -0.39 is 0 Å². The smallest absolute Gasteiger partial charge is 0.124 e. The summed E-state index contributed by atoms with van der Waals surface area (Å²) in [5, 5.41) is 7.20. The van der Waals surface area contributed by atoms with E-state index >= 15 is 0 Å². The molecule has 54 valence electrons. The monoisotopic (exact) mass is 138 g/mol. The van der Waals surface area contributed by atoms with Crippen LogP contribution in [0.2, 0.25) is 0 Å². The van der Waals surface area contributed by atoms with Gasteiger partial charge in [-0.15, -0.1) is 0 Å². The van der Waals surface area contributed by atoms with E-state index in [1.54, 1.807) is 6.26 Å². The summed E-state index contributed by atoms with van der Waals surface area (Å²) < 4.78 is 4.74. The average molecular weight is 138 g/mol. The maximum absolute atomic E-state index is 4.74. The molecule has 3 heteroatoms. The summed E-state index contributed by atoms with van der Waals surface area (Å²) in [6, 6.07) is 2.36. The van der Waals surface area contributed by atoms with E-state index in [1.807, 2.05) is 6.07 Å². The van der Waals surface area contributed by atoms with E-state index in [0.29, 0.717) is 6.04 Å². The summed E-state index contributed by atoms with van der Waals surface area (Å²) >= 11 is 0. The highest BCUT2D eigenvalue weighted by molar-refractivity contribution is 5.04. The van der Waals surface area contributed by atoms with E-state index in [-0.39, 0.29) is 0 Å². The van der Waals surface area contributed by atoms with Crippen LogP contribution in [-0.2, 0) is 0 Å². The second kappa shape index (κ2) is 2.42. The van der Waals surface area contributed by atoms with Crippen molar-refractivity contribution in [3.8, 4) is 0 Å². The van der Waals surface area contributed by atoms with Crippen molar-refractivity contribution in [3.63, 3.8) is 0 Å². The Morgan fingerprint density at radius 2 is 2.70 bits per heavy atom. The van der Waals surface area contributed by atoms with Gasteiger partial charge in [-0.2, -0.15) is 0 Å². The van der Waals surface area contributed by atoms with Gasteiger partial charge in [-0.05, 0) is 19.4 Å². The summed E-state index contributed by atoms with van der Waals surface area (Å²) in [7, 11) is 0. The zero-order valence-electron chi connectivity index (χ0n) is 5.71. The lowest BCUT2D eigenvalue weighted by molar-refractivity contribution is 0.401. The quantitative estimate of drug-likeness (QED) is 0.631. The summed E-state index contributed by atoms with van der Waals surface area (Å²) in [5.74, 6) is 0. The zero-order chi connectivity index (χ0) is 6.81. The molecule has 0 saturated carbocycles. The molecule has 1 N–H and O–H groups in total. The first-order valence-corrected chi connectivity index (χ1v) is 3.60. The third-order valence-corrected chi connectivity index (χ3v) is 1.88. The van der Waals surface area contributed by atoms with E-state index in [4.69, 9.17) is 4.52 Å². The minimum atomic E-state index is 0.443. The molecule has 2 heterocycles. The summed E-state index contributed by atoms with van der Waals surface area (Å²) in [4.78, 5) is 0. The van der Waals surface area contributed by atoms with Crippen molar-refractivity contribution in [2.45, 2.75) is 18.9 Å². The second-order valence-electron chi connectivity index (χ2n) is 2.57. The van der Waals surface area contributed by atoms with Crippen LogP contribution in [0.25, 0.3) is 0 Å². The van der Waals surface area contributed by atoms with Crippen molar-refractivity contribution >= 4 is 0 Å². The molecule has 0 bridgehead atoms. The van der Waals surface area contributed by atoms with E-state index in [9.17, 15) is 0 Å². The molecule has 1 aromatic rings. The number of hydrogen-bond donors (Lipinski definition) is 1. The van der Waals surface area contributed by atoms with Gasteiger partial charge in [0.25, 0.3) is 0 Å². The minimum absolute atomic E-state index is 0.443. The molecule has 1 fully saturated rings. The van der Waals surface area contributed by atoms with Crippen molar-refractivity contribution in [1.82, 2.24) is 10.5 Å². The third-order valence-electron chi connectivity index (χ3n) is 1.88. The molecule has 1 aliphatic rings. The molecule has 10 heavy (non-hydrogen) atoms. The Hall–Kier alpha value is -0.830. The molecule has 1 aliphatic heterocycles. The van der Waals surface area contributed by atoms with Gasteiger partial charge in [0.2, 0.25) is 0 Å². The van der Waals surface area contributed by atoms with Crippen molar-refractivity contribution < 1.29 is 4.52 Å². The van der Waals surface area contributed by atoms with E-state index in [0.717, 1.165) is 12.2 Å². The van der Waals surface area contributed by atoms with Crippen LogP contribution >= 0.6 is 0 Å². The molecule has 1 saturated heterocycles. The van der Waals surface area contributed by atoms with Gasteiger partial charge in [0.1, 0.15) is 12.0 Å². The van der Waals surface area contributed by atoms with Gasteiger partial charge in [0.05, 0.1) is 6.04 Å². The second-order valence-corrected chi connectivity index (χ2v) is 2.57. The lowest BCUT2D eigenvalue weighted by Gasteiger charge is -2.02. The van der Waals surface area contributed by atoms with Crippen LogP contribution in [0.1, 0.15) is 24.6 Å². The molecular formula is C7H10N2O. The molecule has 0 radical (unpaired) electrons. The number of rotatable bonds is 1. The SMILES string of the molecule is c1cc([C@@H]2CCCN2)no1. The standard InChI is InChI=1S/C7H10N2O/c1-2-6(8-4-1)7-3-5-10-9-7/h3,5-6,8H,1-2,4H2/t6-/m0/s1. The van der Waals surface area contributed by atoms with Crippen LogP contribution in [-0.4, -0.2) is 11.7 Å². The molecule has 2 rings (SSSR count). The van der Waals surface area contributed by atoms with Crippen molar-refractivity contribution in [2.24, 2.45) is 0 Å². The molecule has 0 amide bonds. The maximum Gasteiger partial charge on any atom is 0.124 e. The van der Waals surface area contributed by atoms with Crippen molar-refractivity contribution in [1.29, 1.82) is 0 Å². The molecule has 0 spiro atoms. The highest BCUT2D eigenvalue weighted by Crippen LogP contribution is 2.20. The Morgan fingerprint density at radius 3 is 3.30 bits per heavy atom. The van der Waals surface area contributed by atoms with Crippen molar-refractivity contribution in [3.05, 3.63) is 18.0 Å². The topological polar surface area (TPSA) is 38.1 Å². The Balaban J connectivity index is 2.12. The van der Waals surface area contributed by atoms with Crippen LogP contribution < -0.4 is 5.32 Å². The highest BCUT2D eigenvalue weighted by Gasteiger charge is 2.17. The first kappa shape index (κ1) is 5.92. The Bertz CT molecular complexity index is 189. The minimum Gasteiger partial charge on any atom is -0.364 e. The third kappa shape index (κ3) is 0.926. The zero-order valence-corrected chi connectivity index (χ0v) is 5.71. The van der Waals surface area contributed by atoms with Gasteiger partial charge in [0.15, 0.2) is 0 Å². The summed E-state index contributed by atoms with van der Waals surface area (Å²) in [6.45, 7) is 1.11. The first-order chi connectivity index (χ1) is 4.97. The molecule has 3 nitrogen and oxygen atoms in total. The Kier molecular flexibility index (Phi) is 1.43. The molecule has 0 unspecified atom stereocenters. The van der Waals surface area contributed by atoms with E-state index in [1.165, 1.54) is 12.8 Å². The van der Waals surface area contributed by atoms with Crippen LogP contribution in [0, 0.1) is 0 Å². The largest absolute Gasteiger partial charge is 0.364 e. The van der Waals surface area contributed by atoms with Gasteiger partial charge < -0.3 is 9.84 Å². The van der Waals surface area contributed by atoms with Gasteiger partial charge in [-0.3, -0.25) is 0 Å². The predicted octanol–water partition coefficient (Wildman–Crippen LogP) is 1.10. The predicted molar refractivity (Wildman–Crippen MR) is 36.5 cm³/mol. The fraction of sp³-hybridized carbons (Fsp3) is 0.571. The van der Waals surface area contributed by atoms with Gasteiger partial charge in [0, 0.05) is 6.07 Å². The molecule has 0 aliphatic carbocycles. The van der Waals surface area contributed by atoms with Crippen molar-refractivity contribution in [2.75, 3.05) is 6.54 Å². The fourth-order valence-electron chi connectivity index (χ4n) is 1.34. The Morgan fingerprint density at radius 1 is 1.70 bits per heavy atom. The maximum atomic E-state index is 4.74. The van der Waals surface area contributed by atoms with Gasteiger partial charge >= 0.3 is 0 Å². The number of nitrogens with one attached hydrogen (secondary N) is 1. The van der Waals surface area contributed by atoms with Crippen LogP contribution in [0.3, 0.4) is 0 Å². The molecule has 0 aromatic carbocycles. The van der Waals surface area contributed by atoms with E-state index in [2.05, 4.69) is 10.5 Å². The lowest BCUT2D eigenvalue weighted by Crippen LogP contribution is -2.12. The first-order valence-electron chi connectivity index (χ1n) is 3.60. The summed E-state index contributed by atoms with van der Waals surface area (Å²) in [6.07, 6.45) is 4.05. The summed E-state index contributed by atoms with van der Waals surface area (Å²) in [5.41, 5.74) is 1.04. The van der Waals surface area contributed by atoms with Gasteiger partial charge in [-0.25, -0.2) is 0 Å². The van der Waals surface area contributed by atoms with Crippen LogP contribution in [0.4, 0.5) is 0 Å². The Labute approximate surface area is 59.4 Å². The van der Waals surface area contributed by atoms with Gasteiger partial charge in [-0.1, -0.05) is 5.16 Å². The normalized spacial score (nSPS) is 25.4. The fourth-order valence-corrected chi connectivity index (χ4v) is 1.34. The number of hydrogen-bond acceptors (Lipinski definition) is 3. The van der Waals surface area contributed by atoms with Crippen LogP contribution in [0.15, 0.2) is 16.9 Å². The molecule has 1 aromatic heterocycles. The molecule has 1 atom stereocenters. The highest BCUT2D eigenvalue weighted by atomic mass is 16.5. The average Bonchev–Trinajstić information content (AvgIpc) is 2.59. The molecular weight excluding hydrogens is 128 g/mol. The number of nitrogens with zero attached hydrogens (tertiary/aromatic N) is 1. The lowest BCUT2D eigenvalue weighted by atomic mass is 10.2. The van der Waals surface area contributed by atoms with Crippen LogP contribution in [0.5, 0.6) is 0 Å². The number of aromatic nitrogens is 1.